The Morgan fingerprint density at radius 3 is 2.62 bits per heavy atom. The van der Waals surface area contributed by atoms with E-state index in [9.17, 15) is 8.42 Å². The van der Waals surface area contributed by atoms with Crippen LogP contribution >= 0.6 is 0 Å². The molecule has 2 aromatic rings. The highest BCUT2D eigenvalue weighted by molar-refractivity contribution is 7.89. The van der Waals surface area contributed by atoms with Gasteiger partial charge in [-0.25, -0.2) is 8.42 Å². The summed E-state index contributed by atoms with van der Waals surface area (Å²) in [6.07, 6.45) is 2.65. The third-order valence-corrected chi connectivity index (χ3v) is 4.64. The molecule has 21 heavy (non-hydrogen) atoms. The third kappa shape index (κ3) is 3.70. The average molecular weight is 304 g/mol. The lowest BCUT2D eigenvalue weighted by Gasteiger charge is -2.16. The molecule has 2 rings (SSSR count). The predicted molar refractivity (Wildman–Crippen MR) is 79.6 cm³/mol. The molecule has 0 saturated heterocycles. The monoisotopic (exact) mass is 304 g/mol. The summed E-state index contributed by atoms with van der Waals surface area (Å²) < 4.78 is 25.7. The Morgan fingerprint density at radius 2 is 2.05 bits per heavy atom. The molecule has 0 aliphatic heterocycles. The number of benzene rings is 1. The number of aromatic nitrogens is 2. The van der Waals surface area contributed by atoms with Gasteiger partial charge in [-0.1, -0.05) is 24.0 Å². The van der Waals surface area contributed by atoms with Crippen LogP contribution in [0.4, 0.5) is 0 Å². The second-order valence-electron chi connectivity index (χ2n) is 4.40. The molecule has 6 nitrogen and oxygen atoms in total. The average Bonchev–Trinajstić information content (AvgIpc) is 3.01. The quantitative estimate of drug-likeness (QED) is 0.806. The highest BCUT2D eigenvalue weighted by atomic mass is 32.2. The van der Waals surface area contributed by atoms with Crippen LogP contribution in [0, 0.1) is 11.8 Å². The third-order valence-electron chi connectivity index (χ3n) is 2.88. The number of sulfonamides is 1. The Morgan fingerprint density at radius 1 is 1.33 bits per heavy atom. The van der Waals surface area contributed by atoms with Gasteiger partial charge in [0, 0.05) is 25.4 Å². The van der Waals surface area contributed by atoms with Gasteiger partial charge in [-0.3, -0.25) is 5.10 Å². The molecule has 0 amide bonds. The van der Waals surface area contributed by atoms with Crippen molar-refractivity contribution in [3.8, 4) is 11.8 Å². The van der Waals surface area contributed by atoms with Gasteiger partial charge in [-0.15, -0.1) is 0 Å². The maximum Gasteiger partial charge on any atom is 0.246 e. The van der Waals surface area contributed by atoms with Crippen LogP contribution in [0.2, 0.25) is 0 Å². The second-order valence-corrected chi connectivity index (χ2v) is 6.44. The molecular formula is C14H16N4O2S. The largest absolute Gasteiger partial charge is 0.320 e. The Kier molecular flexibility index (Phi) is 4.75. The highest BCUT2D eigenvalue weighted by Crippen LogP contribution is 2.15. The van der Waals surface area contributed by atoms with E-state index in [1.165, 1.54) is 23.7 Å². The van der Waals surface area contributed by atoms with E-state index in [0.29, 0.717) is 6.54 Å². The van der Waals surface area contributed by atoms with Crippen LogP contribution in [0.3, 0.4) is 0 Å². The van der Waals surface area contributed by atoms with Crippen molar-refractivity contribution in [3.05, 3.63) is 47.8 Å². The molecule has 0 aliphatic carbocycles. The fourth-order valence-electron chi connectivity index (χ4n) is 1.75. The van der Waals surface area contributed by atoms with Gasteiger partial charge in [0.1, 0.15) is 4.90 Å². The molecule has 0 fully saturated rings. The minimum atomic E-state index is -3.52. The number of nitrogens with zero attached hydrogens (tertiary/aromatic N) is 2. The molecule has 0 atom stereocenters. The standard InChI is InChI=1S/C14H16N4O2S/c1-18(21(19,20)14-9-16-17-10-14)11-13-6-4-12(5-7-13)3-2-8-15/h4-7,9-10H,8,11,15H2,1H3,(H,16,17). The van der Waals surface area contributed by atoms with E-state index in [0.717, 1.165) is 11.1 Å². The lowest BCUT2D eigenvalue weighted by molar-refractivity contribution is 0.467. The summed E-state index contributed by atoms with van der Waals surface area (Å²) in [6, 6.07) is 7.39. The van der Waals surface area contributed by atoms with E-state index in [4.69, 9.17) is 5.73 Å². The first-order valence-corrected chi connectivity index (χ1v) is 7.71. The van der Waals surface area contributed by atoms with Gasteiger partial charge < -0.3 is 5.73 Å². The zero-order valence-electron chi connectivity index (χ0n) is 11.6. The first-order valence-electron chi connectivity index (χ1n) is 6.27. The molecule has 3 N–H and O–H groups in total. The van der Waals surface area contributed by atoms with Crippen molar-refractivity contribution in [3.63, 3.8) is 0 Å². The van der Waals surface area contributed by atoms with Gasteiger partial charge in [0.05, 0.1) is 12.7 Å². The molecule has 0 saturated carbocycles. The summed E-state index contributed by atoms with van der Waals surface area (Å²) in [5, 5.41) is 6.16. The minimum absolute atomic E-state index is 0.149. The Hall–Kier alpha value is -2.14. The summed E-state index contributed by atoms with van der Waals surface area (Å²) >= 11 is 0. The predicted octanol–water partition coefficient (Wildman–Crippen LogP) is 0.541. The van der Waals surface area contributed by atoms with Crippen molar-refractivity contribution in [2.75, 3.05) is 13.6 Å². The van der Waals surface area contributed by atoms with Crippen LogP contribution in [-0.4, -0.2) is 36.5 Å². The van der Waals surface area contributed by atoms with Crippen molar-refractivity contribution in [1.82, 2.24) is 14.5 Å². The molecule has 1 heterocycles. The van der Waals surface area contributed by atoms with Crippen LogP contribution in [0.1, 0.15) is 11.1 Å². The van der Waals surface area contributed by atoms with Crippen molar-refractivity contribution in [2.45, 2.75) is 11.4 Å². The SMILES string of the molecule is CN(Cc1ccc(C#CCN)cc1)S(=O)(=O)c1cn[nH]c1. The molecule has 0 radical (unpaired) electrons. The van der Waals surface area contributed by atoms with E-state index in [2.05, 4.69) is 22.0 Å². The van der Waals surface area contributed by atoms with Gasteiger partial charge in [0.25, 0.3) is 0 Å². The Balaban J connectivity index is 2.11. The number of hydrogen-bond donors (Lipinski definition) is 2. The van der Waals surface area contributed by atoms with Gasteiger partial charge >= 0.3 is 0 Å². The van der Waals surface area contributed by atoms with Crippen LogP contribution in [0.25, 0.3) is 0 Å². The lowest BCUT2D eigenvalue weighted by Crippen LogP contribution is -2.26. The minimum Gasteiger partial charge on any atom is -0.320 e. The molecule has 0 unspecified atom stereocenters. The van der Waals surface area contributed by atoms with Gasteiger partial charge in [-0.05, 0) is 17.7 Å². The maximum absolute atomic E-state index is 12.2. The lowest BCUT2D eigenvalue weighted by atomic mass is 10.1. The van der Waals surface area contributed by atoms with E-state index in [1.54, 1.807) is 0 Å². The van der Waals surface area contributed by atoms with Crippen molar-refractivity contribution in [1.29, 1.82) is 0 Å². The maximum atomic E-state index is 12.2. The topological polar surface area (TPSA) is 92.1 Å². The number of nitrogens with one attached hydrogen (secondary N) is 1. The molecule has 0 spiro atoms. The molecule has 0 bridgehead atoms. The molecular weight excluding hydrogens is 288 g/mol. The molecule has 1 aromatic carbocycles. The Labute approximate surface area is 124 Å². The van der Waals surface area contributed by atoms with Crippen LogP contribution < -0.4 is 5.73 Å². The van der Waals surface area contributed by atoms with Gasteiger partial charge in [0.15, 0.2) is 0 Å². The van der Waals surface area contributed by atoms with E-state index in [-0.39, 0.29) is 11.4 Å². The number of nitrogens with two attached hydrogens (primary N) is 1. The molecule has 7 heteroatoms. The zero-order chi connectivity index (χ0) is 15.3. The van der Waals surface area contributed by atoms with Crippen molar-refractivity contribution < 1.29 is 8.42 Å². The highest BCUT2D eigenvalue weighted by Gasteiger charge is 2.21. The van der Waals surface area contributed by atoms with Gasteiger partial charge in [0.2, 0.25) is 10.0 Å². The fourth-order valence-corrected chi connectivity index (χ4v) is 2.82. The second kappa shape index (κ2) is 6.54. The van der Waals surface area contributed by atoms with Crippen LogP contribution in [0.5, 0.6) is 0 Å². The Bertz CT molecular complexity index is 741. The van der Waals surface area contributed by atoms with Crippen LogP contribution in [-0.2, 0) is 16.6 Å². The number of rotatable bonds is 4. The molecule has 0 aliphatic rings. The summed E-state index contributed by atoms with van der Waals surface area (Å²) in [6.45, 7) is 0.589. The first kappa shape index (κ1) is 15.3. The number of H-pyrrole nitrogens is 1. The number of hydrogen-bond acceptors (Lipinski definition) is 4. The van der Waals surface area contributed by atoms with E-state index < -0.39 is 10.0 Å². The van der Waals surface area contributed by atoms with E-state index >= 15 is 0 Å². The first-order chi connectivity index (χ1) is 10.0. The van der Waals surface area contributed by atoms with Crippen molar-refractivity contribution >= 4 is 10.0 Å². The summed E-state index contributed by atoms with van der Waals surface area (Å²) in [5.41, 5.74) is 7.04. The van der Waals surface area contributed by atoms with E-state index in [1.807, 2.05) is 24.3 Å². The zero-order valence-corrected chi connectivity index (χ0v) is 12.4. The summed E-state index contributed by atoms with van der Waals surface area (Å²) in [5.74, 6) is 5.69. The van der Waals surface area contributed by atoms with Gasteiger partial charge in [-0.2, -0.15) is 9.40 Å². The summed E-state index contributed by atoms with van der Waals surface area (Å²) in [7, 11) is -1.99. The van der Waals surface area contributed by atoms with Crippen molar-refractivity contribution in [2.24, 2.45) is 5.73 Å². The molecule has 1 aromatic heterocycles. The normalized spacial score (nSPS) is 11.2. The van der Waals surface area contributed by atoms with Crippen LogP contribution in [0.15, 0.2) is 41.6 Å². The number of aromatic amines is 1. The summed E-state index contributed by atoms with van der Waals surface area (Å²) in [4.78, 5) is 0.149. The molecule has 110 valence electrons. The smallest absolute Gasteiger partial charge is 0.246 e. The fraction of sp³-hybridized carbons (Fsp3) is 0.214.